The number of hydrogen-bond donors (Lipinski definition) is 1. The van der Waals surface area contributed by atoms with Gasteiger partial charge in [-0.3, -0.25) is 4.79 Å². The van der Waals surface area contributed by atoms with E-state index in [2.05, 4.69) is 5.32 Å². The third-order valence-electron chi connectivity index (χ3n) is 3.53. The molecule has 0 aliphatic heterocycles. The van der Waals surface area contributed by atoms with Crippen LogP contribution in [0.4, 0.5) is 0 Å². The summed E-state index contributed by atoms with van der Waals surface area (Å²) in [5.74, 6) is -0.0540. The van der Waals surface area contributed by atoms with Gasteiger partial charge in [0, 0.05) is 12.1 Å². The highest BCUT2D eigenvalue weighted by Gasteiger charge is 2.06. The Labute approximate surface area is 130 Å². The van der Waals surface area contributed by atoms with E-state index in [0.29, 0.717) is 12.1 Å². The van der Waals surface area contributed by atoms with Crippen LogP contribution >= 0.6 is 0 Å². The number of hydrogen-bond acceptors (Lipinski definition) is 1. The summed E-state index contributed by atoms with van der Waals surface area (Å²) < 4.78 is 0. The number of nitrogens with one attached hydrogen (secondary N) is 1. The van der Waals surface area contributed by atoms with Crippen LogP contribution in [0.25, 0.3) is 11.1 Å². The largest absolute Gasteiger partial charge is 0.348 e. The van der Waals surface area contributed by atoms with Crippen LogP contribution in [0.3, 0.4) is 0 Å². The van der Waals surface area contributed by atoms with Gasteiger partial charge >= 0.3 is 0 Å². The predicted octanol–water partition coefficient (Wildman–Crippen LogP) is 4.28. The Bertz CT molecular complexity index is 751. The van der Waals surface area contributed by atoms with Gasteiger partial charge in [0.2, 0.25) is 0 Å². The lowest BCUT2D eigenvalue weighted by Crippen LogP contribution is -2.22. The fraction of sp³-hybridized carbons (Fsp3) is 0.0500. The standard InChI is InChI=1S/C20H17NO/c22-20(21-15-16-8-3-1-4-9-16)19-13-7-12-18(14-19)17-10-5-2-6-11-17/h1-14H,15H2,(H,21,22). The highest BCUT2D eigenvalue weighted by atomic mass is 16.1. The molecule has 1 amide bonds. The van der Waals surface area contributed by atoms with Gasteiger partial charge in [-0.1, -0.05) is 72.8 Å². The van der Waals surface area contributed by atoms with Gasteiger partial charge in [-0.05, 0) is 28.8 Å². The van der Waals surface area contributed by atoms with Gasteiger partial charge in [-0.15, -0.1) is 0 Å². The van der Waals surface area contributed by atoms with Crippen LogP contribution in [-0.4, -0.2) is 5.91 Å². The Kier molecular flexibility index (Phi) is 4.30. The highest BCUT2D eigenvalue weighted by Crippen LogP contribution is 2.19. The normalized spacial score (nSPS) is 10.2. The van der Waals surface area contributed by atoms with Crippen molar-refractivity contribution >= 4 is 5.91 Å². The van der Waals surface area contributed by atoms with Gasteiger partial charge < -0.3 is 5.32 Å². The zero-order valence-corrected chi connectivity index (χ0v) is 12.2. The first-order chi connectivity index (χ1) is 10.8. The molecule has 0 saturated carbocycles. The third kappa shape index (κ3) is 3.41. The highest BCUT2D eigenvalue weighted by molar-refractivity contribution is 5.95. The molecule has 0 radical (unpaired) electrons. The van der Waals surface area contributed by atoms with E-state index >= 15 is 0 Å². The molecule has 3 aromatic carbocycles. The molecule has 22 heavy (non-hydrogen) atoms. The molecule has 0 fully saturated rings. The smallest absolute Gasteiger partial charge is 0.251 e. The van der Waals surface area contributed by atoms with E-state index in [1.807, 2.05) is 84.9 Å². The van der Waals surface area contributed by atoms with Gasteiger partial charge in [0.15, 0.2) is 0 Å². The van der Waals surface area contributed by atoms with Gasteiger partial charge in [0.05, 0.1) is 0 Å². The van der Waals surface area contributed by atoms with Gasteiger partial charge in [-0.2, -0.15) is 0 Å². The van der Waals surface area contributed by atoms with Crippen molar-refractivity contribution in [2.45, 2.75) is 6.54 Å². The lowest BCUT2D eigenvalue weighted by atomic mass is 10.0. The molecule has 0 aliphatic carbocycles. The molecule has 3 aromatic rings. The van der Waals surface area contributed by atoms with Crippen molar-refractivity contribution in [1.29, 1.82) is 0 Å². The van der Waals surface area contributed by atoms with E-state index in [1.54, 1.807) is 0 Å². The monoisotopic (exact) mass is 287 g/mol. The van der Waals surface area contributed by atoms with Crippen LogP contribution in [-0.2, 0) is 6.54 Å². The lowest BCUT2D eigenvalue weighted by molar-refractivity contribution is 0.0951. The second kappa shape index (κ2) is 6.72. The molecule has 0 aromatic heterocycles. The molecule has 0 unspecified atom stereocenters. The fourth-order valence-electron chi connectivity index (χ4n) is 2.35. The molecule has 0 saturated heterocycles. The minimum absolute atomic E-state index is 0.0540. The van der Waals surface area contributed by atoms with Crippen molar-refractivity contribution in [2.75, 3.05) is 0 Å². The van der Waals surface area contributed by atoms with Crippen LogP contribution in [0.15, 0.2) is 84.9 Å². The predicted molar refractivity (Wildman–Crippen MR) is 89.5 cm³/mol. The first-order valence-electron chi connectivity index (χ1n) is 7.30. The van der Waals surface area contributed by atoms with E-state index in [-0.39, 0.29) is 5.91 Å². The fourth-order valence-corrected chi connectivity index (χ4v) is 2.35. The van der Waals surface area contributed by atoms with E-state index in [4.69, 9.17) is 0 Å². The number of carbonyl (C=O) groups is 1. The Morgan fingerprint density at radius 1 is 0.727 bits per heavy atom. The molecular weight excluding hydrogens is 270 g/mol. The van der Waals surface area contributed by atoms with Gasteiger partial charge in [0.1, 0.15) is 0 Å². The zero-order valence-electron chi connectivity index (χ0n) is 12.2. The molecule has 0 spiro atoms. The van der Waals surface area contributed by atoms with Crippen LogP contribution in [0.5, 0.6) is 0 Å². The Morgan fingerprint density at radius 3 is 2.09 bits per heavy atom. The van der Waals surface area contributed by atoms with E-state index in [0.717, 1.165) is 16.7 Å². The second-order valence-corrected chi connectivity index (χ2v) is 5.12. The van der Waals surface area contributed by atoms with Crippen molar-refractivity contribution in [1.82, 2.24) is 5.32 Å². The first kappa shape index (κ1) is 14.1. The third-order valence-corrected chi connectivity index (χ3v) is 3.53. The average Bonchev–Trinajstić information content (AvgIpc) is 2.61. The quantitative estimate of drug-likeness (QED) is 0.762. The van der Waals surface area contributed by atoms with E-state index < -0.39 is 0 Å². The van der Waals surface area contributed by atoms with Crippen molar-refractivity contribution in [3.05, 3.63) is 96.1 Å². The van der Waals surface area contributed by atoms with Crippen LogP contribution in [0.2, 0.25) is 0 Å². The van der Waals surface area contributed by atoms with Gasteiger partial charge in [0.25, 0.3) is 5.91 Å². The van der Waals surface area contributed by atoms with E-state index in [9.17, 15) is 4.79 Å². The van der Waals surface area contributed by atoms with Crippen LogP contribution in [0, 0.1) is 0 Å². The SMILES string of the molecule is O=C(NCc1ccccc1)c1cccc(-c2ccccc2)c1. The Morgan fingerprint density at radius 2 is 1.36 bits per heavy atom. The molecule has 2 nitrogen and oxygen atoms in total. The molecule has 2 heteroatoms. The van der Waals surface area contributed by atoms with Crippen LogP contribution in [0.1, 0.15) is 15.9 Å². The summed E-state index contributed by atoms with van der Waals surface area (Å²) in [5.41, 5.74) is 3.93. The topological polar surface area (TPSA) is 29.1 Å². The summed E-state index contributed by atoms with van der Waals surface area (Å²) in [4.78, 5) is 12.3. The maximum atomic E-state index is 12.3. The van der Waals surface area contributed by atoms with Gasteiger partial charge in [-0.25, -0.2) is 0 Å². The minimum Gasteiger partial charge on any atom is -0.348 e. The lowest BCUT2D eigenvalue weighted by Gasteiger charge is -2.07. The Hall–Kier alpha value is -2.87. The van der Waals surface area contributed by atoms with Crippen molar-refractivity contribution in [3.8, 4) is 11.1 Å². The molecule has 1 N–H and O–H groups in total. The number of rotatable bonds is 4. The number of amides is 1. The minimum atomic E-state index is -0.0540. The average molecular weight is 287 g/mol. The second-order valence-electron chi connectivity index (χ2n) is 5.12. The van der Waals surface area contributed by atoms with Crippen LogP contribution < -0.4 is 5.32 Å². The van der Waals surface area contributed by atoms with E-state index in [1.165, 1.54) is 0 Å². The summed E-state index contributed by atoms with van der Waals surface area (Å²) in [5, 5.41) is 2.95. The molecule has 108 valence electrons. The molecule has 0 heterocycles. The van der Waals surface area contributed by atoms with Crippen molar-refractivity contribution in [3.63, 3.8) is 0 Å². The molecule has 3 rings (SSSR count). The molecular formula is C20H17NO. The molecule has 0 atom stereocenters. The summed E-state index contributed by atoms with van der Waals surface area (Å²) in [6, 6.07) is 27.7. The molecule has 0 bridgehead atoms. The number of benzene rings is 3. The first-order valence-corrected chi connectivity index (χ1v) is 7.30. The van der Waals surface area contributed by atoms with Crippen molar-refractivity contribution < 1.29 is 4.79 Å². The summed E-state index contributed by atoms with van der Waals surface area (Å²) in [6.07, 6.45) is 0. The summed E-state index contributed by atoms with van der Waals surface area (Å²) >= 11 is 0. The molecule has 0 aliphatic rings. The Balaban J connectivity index is 1.73. The number of carbonyl (C=O) groups excluding carboxylic acids is 1. The maximum Gasteiger partial charge on any atom is 0.251 e. The summed E-state index contributed by atoms with van der Waals surface area (Å²) in [7, 11) is 0. The maximum absolute atomic E-state index is 12.3. The van der Waals surface area contributed by atoms with Crippen molar-refractivity contribution in [2.24, 2.45) is 0 Å². The zero-order chi connectivity index (χ0) is 15.2. The summed E-state index contributed by atoms with van der Waals surface area (Å²) in [6.45, 7) is 0.537.